The third kappa shape index (κ3) is 3.53. The summed E-state index contributed by atoms with van der Waals surface area (Å²) >= 11 is 3.40. The van der Waals surface area contributed by atoms with E-state index in [1.807, 2.05) is 13.0 Å². The van der Waals surface area contributed by atoms with Crippen LogP contribution in [0.1, 0.15) is 25.3 Å². The highest BCUT2D eigenvalue weighted by Gasteiger charge is 2.23. The third-order valence-electron chi connectivity index (χ3n) is 3.63. The number of aliphatic hydroxyl groups is 1. The van der Waals surface area contributed by atoms with Crippen LogP contribution in [0.3, 0.4) is 0 Å². The van der Waals surface area contributed by atoms with E-state index in [1.165, 1.54) is 12.1 Å². The first-order valence-corrected chi connectivity index (χ1v) is 7.20. The van der Waals surface area contributed by atoms with Gasteiger partial charge in [0.1, 0.15) is 5.82 Å². The number of benzene rings is 1. The van der Waals surface area contributed by atoms with Crippen molar-refractivity contribution in [1.29, 1.82) is 0 Å². The molecule has 2 atom stereocenters. The molecule has 0 radical (unpaired) electrons. The summed E-state index contributed by atoms with van der Waals surface area (Å²) in [5.74, 6) is 0.143. The number of halogens is 2. The largest absolute Gasteiger partial charge is 0.393 e. The average Bonchev–Trinajstić information content (AvgIpc) is 2.33. The second-order valence-corrected chi connectivity index (χ2v) is 5.97. The van der Waals surface area contributed by atoms with Crippen LogP contribution in [-0.2, 0) is 6.54 Å². The SMILES string of the molecule is CC(O)C1CCCN(Cc2ccc(F)cc2Br)C1. The topological polar surface area (TPSA) is 23.5 Å². The maximum absolute atomic E-state index is 13.0. The molecule has 18 heavy (non-hydrogen) atoms. The van der Waals surface area contributed by atoms with E-state index in [1.54, 1.807) is 0 Å². The summed E-state index contributed by atoms with van der Waals surface area (Å²) in [4.78, 5) is 2.33. The Morgan fingerprint density at radius 3 is 3.00 bits per heavy atom. The Balaban J connectivity index is 2.00. The van der Waals surface area contributed by atoms with Crippen LogP contribution in [0.4, 0.5) is 4.39 Å². The molecule has 1 heterocycles. The third-order valence-corrected chi connectivity index (χ3v) is 4.37. The molecule has 0 saturated carbocycles. The first kappa shape index (κ1) is 14.0. The van der Waals surface area contributed by atoms with Gasteiger partial charge in [0.2, 0.25) is 0 Å². The Kier molecular flexibility index (Phi) is 4.76. The number of piperidine rings is 1. The number of rotatable bonds is 3. The maximum Gasteiger partial charge on any atom is 0.124 e. The number of aliphatic hydroxyl groups excluding tert-OH is 1. The van der Waals surface area contributed by atoms with E-state index < -0.39 is 0 Å². The normalized spacial score (nSPS) is 23.0. The van der Waals surface area contributed by atoms with E-state index in [0.717, 1.165) is 42.5 Å². The highest BCUT2D eigenvalue weighted by molar-refractivity contribution is 9.10. The molecule has 1 fully saturated rings. The predicted octanol–water partition coefficient (Wildman–Crippen LogP) is 3.18. The lowest BCUT2D eigenvalue weighted by atomic mass is 9.93. The van der Waals surface area contributed by atoms with Gasteiger partial charge in [0, 0.05) is 17.6 Å². The van der Waals surface area contributed by atoms with E-state index in [2.05, 4.69) is 20.8 Å². The number of hydrogen-bond acceptors (Lipinski definition) is 2. The van der Waals surface area contributed by atoms with Crippen molar-refractivity contribution in [3.63, 3.8) is 0 Å². The van der Waals surface area contributed by atoms with Gasteiger partial charge in [-0.15, -0.1) is 0 Å². The molecule has 2 unspecified atom stereocenters. The number of likely N-dealkylation sites (tertiary alicyclic amines) is 1. The molecule has 2 rings (SSSR count). The van der Waals surface area contributed by atoms with Crippen LogP contribution in [0.25, 0.3) is 0 Å². The molecule has 1 aromatic carbocycles. The van der Waals surface area contributed by atoms with E-state index in [-0.39, 0.29) is 11.9 Å². The van der Waals surface area contributed by atoms with Crippen molar-refractivity contribution in [2.24, 2.45) is 5.92 Å². The van der Waals surface area contributed by atoms with Gasteiger partial charge >= 0.3 is 0 Å². The summed E-state index contributed by atoms with van der Waals surface area (Å²) in [6.07, 6.45) is 1.97. The van der Waals surface area contributed by atoms with Gasteiger partial charge in [0.05, 0.1) is 6.10 Å². The van der Waals surface area contributed by atoms with Gasteiger partial charge in [0.25, 0.3) is 0 Å². The quantitative estimate of drug-likeness (QED) is 0.926. The van der Waals surface area contributed by atoms with Crippen LogP contribution in [-0.4, -0.2) is 29.2 Å². The summed E-state index contributed by atoms with van der Waals surface area (Å²) < 4.78 is 13.8. The Morgan fingerprint density at radius 1 is 1.56 bits per heavy atom. The zero-order chi connectivity index (χ0) is 13.1. The molecular weight excluding hydrogens is 297 g/mol. The molecule has 100 valence electrons. The molecule has 1 N–H and O–H groups in total. The molecule has 2 nitrogen and oxygen atoms in total. The van der Waals surface area contributed by atoms with Crippen LogP contribution in [0.5, 0.6) is 0 Å². The van der Waals surface area contributed by atoms with Crippen LogP contribution < -0.4 is 0 Å². The van der Waals surface area contributed by atoms with Crippen LogP contribution in [0.15, 0.2) is 22.7 Å². The van der Waals surface area contributed by atoms with Crippen molar-refractivity contribution in [3.8, 4) is 0 Å². The van der Waals surface area contributed by atoms with Crippen molar-refractivity contribution >= 4 is 15.9 Å². The fourth-order valence-corrected chi connectivity index (χ4v) is 3.00. The molecule has 0 amide bonds. The van der Waals surface area contributed by atoms with Crippen molar-refractivity contribution in [3.05, 3.63) is 34.1 Å². The first-order valence-electron chi connectivity index (χ1n) is 6.40. The Labute approximate surface area is 116 Å². The minimum absolute atomic E-state index is 0.217. The fourth-order valence-electron chi connectivity index (χ4n) is 2.52. The fraction of sp³-hybridized carbons (Fsp3) is 0.571. The molecular formula is C14H19BrFNO. The lowest BCUT2D eigenvalue weighted by Crippen LogP contribution is -2.39. The highest BCUT2D eigenvalue weighted by Crippen LogP contribution is 2.24. The van der Waals surface area contributed by atoms with Crippen molar-refractivity contribution in [2.75, 3.05) is 13.1 Å². The molecule has 1 aromatic rings. The molecule has 1 aliphatic rings. The molecule has 0 aliphatic carbocycles. The van der Waals surface area contributed by atoms with Gasteiger partial charge in [-0.1, -0.05) is 22.0 Å². The number of hydrogen-bond donors (Lipinski definition) is 1. The zero-order valence-corrected chi connectivity index (χ0v) is 12.2. The van der Waals surface area contributed by atoms with Gasteiger partial charge in [-0.2, -0.15) is 0 Å². The first-order chi connectivity index (χ1) is 8.56. The lowest BCUT2D eigenvalue weighted by molar-refractivity contribution is 0.0598. The van der Waals surface area contributed by atoms with Gasteiger partial charge in [-0.05, 0) is 49.9 Å². The Bertz CT molecular complexity index is 411. The van der Waals surface area contributed by atoms with Crippen molar-refractivity contribution in [2.45, 2.75) is 32.4 Å². The van der Waals surface area contributed by atoms with E-state index in [0.29, 0.717) is 5.92 Å². The molecule has 1 aliphatic heterocycles. The summed E-state index contributed by atoms with van der Waals surface area (Å²) in [5.41, 5.74) is 1.10. The van der Waals surface area contributed by atoms with Gasteiger partial charge in [-0.25, -0.2) is 4.39 Å². The van der Waals surface area contributed by atoms with Gasteiger partial charge in [0.15, 0.2) is 0 Å². The molecule has 0 aromatic heterocycles. The standard InChI is InChI=1S/C14H19BrFNO/c1-10(18)11-3-2-6-17(8-11)9-12-4-5-13(16)7-14(12)15/h4-5,7,10-11,18H,2-3,6,8-9H2,1H3. The molecule has 0 spiro atoms. The lowest BCUT2D eigenvalue weighted by Gasteiger charge is -2.34. The predicted molar refractivity (Wildman–Crippen MR) is 73.8 cm³/mol. The number of nitrogens with zero attached hydrogens (tertiary/aromatic N) is 1. The minimum atomic E-state index is -0.246. The monoisotopic (exact) mass is 315 g/mol. The molecule has 4 heteroatoms. The second-order valence-electron chi connectivity index (χ2n) is 5.11. The average molecular weight is 316 g/mol. The minimum Gasteiger partial charge on any atom is -0.393 e. The second kappa shape index (κ2) is 6.13. The van der Waals surface area contributed by atoms with Gasteiger partial charge < -0.3 is 5.11 Å². The summed E-state index contributed by atoms with van der Waals surface area (Å²) in [5, 5.41) is 9.67. The van der Waals surface area contributed by atoms with Crippen molar-refractivity contribution < 1.29 is 9.50 Å². The van der Waals surface area contributed by atoms with Crippen molar-refractivity contribution in [1.82, 2.24) is 4.90 Å². The summed E-state index contributed by atoms with van der Waals surface area (Å²) in [6.45, 7) is 4.64. The van der Waals surface area contributed by atoms with E-state index in [4.69, 9.17) is 0 Å². The highest BCUT2D eigenvalue weighted by atomic mass is 79.9. The molecule has 1 saturated heterocycles. The summed E-state index contributed by atoms with van der Waals surface area (Å²) in [6, 6.07) is 4.83. The van der Waals surface area contributed by atoms with E-state index in [9.17, 15) is 9.50 Å². The smallest absolute Gasteiger partial charge is 0.124 e. The molecule has 0 bridgehead atoms. The Morgan fingerprint density at radius 2 is 2.33 bits per heavy atom. The maximum atomic E-state index is 13.0. The van der Waals surface area contributed by atoms with Gasteiger partial charge in [-0.3, -0.25) is 4.90 Å². The van der Waals surface area contributed by atoms with E-state index >= 15 is 0 Å². The van der Waals surface area contributed by atoms with Crippen LogP contribution in [0, 0.1) is 11.7 Å². The zero-order valence-electron chi connectivity index (χ0n) is 10.6. The van der Waals surface area contributed by atoms with Crippen LogP contribution in [0.2, 0.25) is 0 Å². The Hall–Kier alpha value is -0.450. The summed E-state index contributed by atoms with van der Waals surface area (Å²) in [7, 11) is 0. The van der Waals surface area contributed by atoms with Crippen LogP contribution >= 0.6 is 15.9 Å².